The average molecular weight is 387 g/mol. The Morgan fingerprint density at radius 3 is 2.11 bits per heavy atom. The van der Waals surface area contributed by atoms with Gasteiger partial charge in [-0.15, -0.1) is 0 Å². The summed E-state index contributed by atoms with van der Waals surface area (Å²) in [4.78, 5) is 22.4. The van der Waals surface area contributed by atoms with E-state index < -0.39 is 46.7 Å². The lowest BCUT2D eigenvalue weighted by atomic mass is 9.97. The van der Waals surface area contributed by atoms with Gasteiger partial charge in [-0.3, -0.25) is 9.78 Å². The summed E-state index contributed by atoms with van der Waals surface area (Å²) in [5.41, 5.74) is 0.723. The molecule has 1 aromatic heterocycles. The number of aryl methyl sites for hydroxylation is 1. The maximum atomic E-state index is 13.6. The van der Waals surface area contributed by atoms with E-state index in [4.69, 9.17) is 0 Å². The van der Waals surface area contributed by atoms with Crippen LogP contribution in [0.15, 0.2) is 12.4 Å². The van der Waals surface area contributed by atoms with Crippen molar-refractivity contribution in [1.29, 1.82) is 0 Å². The summed E-state index contributed by atoms with van der Waals surface area (Å²) < 4.78 is 71.2. The molecule has 5 nitrogen and oxygen atoms in total. The normalized spacial score (nSPS) is 15.1. The van der Waals surface area contributed by atoms with Crippen molar-refractivity contribution in [3.63, 3.8) is 0 Å². The monoisotopic (exact) mass is 387 g/mol. The Balaban J connectivity index is 1.69. The minimum absolute atomic E-state index is 0.268. The molecule has 1 aliphatic rings. The Bertz CT molecular complexity index is 856. The fraction of sp³-hybridized carbons (Fsp3) is 0.353. The Morgan fingerprint density at radius 1 is 1.00 bits per heavy atom. The summed E-state index contributed by atoms with van der Waals surface area (Å²) in [6.45, 7) is 2.58. The number of carbonyl (C=O) groups is 1. The molecule has 1 saturated heterocycles. The third-order valence-electron chi connectivity index (χ3n) is 4.27. The van der Waals surface area contributed by atoms with E-state index in [9.17, 15) is 26.7 Å². The lowest BCUT2D eigenvalue weighted by Gasteiger charge is -2.31. The number of esters is 1. The second-order valence-electron chi connectivity index (χ2n) is 6.10. The second-order valence-corrected chi connectivity index (χ2v) is 6.10. The largest absolute Gasteiger partial charge is 0.420 e. The van der Waals surface area contributed by atoms with Gasteiger partial charge in [0.15, 0.2) is 0 Å². The smallest absolute Gasteiger partial charge is 0.314 e. The van der Waals surface area contributed by atoms with Gasteiger partial charge < -0.3 is 9.64 Å². The van der Waals surface area contributed by atoms with Crippen LogP contribution in [0.25, 0.3) is 0 Å². The molecule has 2 aromatic rings. The molecule has 1 fully saturated rings. The summed E-state index contributed by atoms with van der Waals surface area (Å²) >= 11 is 0. The first-order chi connectivity index (χ1) is 12.8. The highest BCUT2D eigenvalue weighted by molar-refractivity contribution is 5.75. The van der Waals surface area contributed by atoms with E-state index in [0.29, 0.717) is 18.9 Å². The van der Waals surface area contributed by atoms with Crippen LogP contribution in [-0.4, -0.2) is 29.0 Å². The van der Waals surface area contributed by atoms with Crippen molar-refractivity contribution in [2.45, 2.75) is 19.8 Å². The van der Waals surface area contributed by atoms with Crippen molar-refractivity contribution in [3.05, 3.63) is 47.2 Å². The van der Waals surface area contributed by atoms with Crippen LogP contribution >= 0.6 is 0 Å². The molecule has 0 unspecified atom stereocenters. The van der Waals surface area contributed by atoms with E-state index in [2.05, 4.69) is 14.7 Å². The van der Waals surface area contributed by atoms with E-state index >= 15 is 0 Å². The standard InChI is InChI=1S/C17H14F5N3O2/c1-8-6-23-7-10(24-8)25-4-2-9(3-5-25)17(26)27-16-14(21)12(19)11(18)13(20)15(16)22/h6-7,9H,2-5H2,1H3. The SMILES string of the molecule is Cc1cncc(N2CCC(C(=O)Oc3c(F)c(F)c(F)c(F)c3F)CC2)n1. The fourth-order valence-corrected chi connectivity index (χ4v) is 2.81. The minimum atomic E-state index is -2.31. The lowest BCUT2D eigenvalue weighted by Crippen LogP contribution is -2.38. The molecule has 144 valence electrons. The van der Waals surface area contributed by atoms with Gasteiger partial charge in [-0.25, -0.2) is 18.2 Å². The molecule has 0 bridgehead atoms. The molecule has 0 spiro atoms. The van der Waals surface area contributed by atoms with E-state index in [1.807, 2.05) is 4.90 Å². The van der Waals surface area contributed by atoms with Crippen LogP contribution in [0.1, 0.15) is 18.5 Å². The van der Waals surface area contributed by atoms with Gasteiger partial charge in [0.1, 0.15) is 5.82 Å². The predicted molar refractivity (Wildman–Crippen MR) is 83.6 cm³/mol. The van der Waals surface area contributed by atoms with Crippen molar-refractivity contribution in [2.24, 2.45) is 5.92 Å². The molecule has 2 heterocycles. The van der Waals surface area contributed by atoms with Gasteiger partial charge in [-0.05, 0) is 19.8 Å². The third-order valence-corrected chi connectivity index (χ3v) is 4.27. The molecule has 3 rings (SSSR count). The molecular weight excluding hydrogens is 373 g/mol. The summed E-state index contributed by atoms with van der Waals surface area (Å²) in [6.07, 6.45) is 3.70. The summed E-state index contributed by atoms with van der Waals surface area (Å²) in [5.74, 6) is -13.7. The second kappa shape index (κ2) is 7.45. The van der Waals surface area contributed by atoms with Crippen molar-refractivity contribution in [3.8, 4) is 5.75 Å². The number of rotatable bonds is 3. The van der Waals surface area contributed by atoms with Crippen molar-refractivity contribution in [2.75, 3.05) is 18.0 Å². The molecular formula is C17H14F5N3O2. The summed E-state index contributed by atoms with van der Waals surface area (Å²) in [5, 5.41) is 0. The molecule has 1 aromatic carbocycles. The summed E-state index contributed by atoms with van der Waals surface area (Å²) in [6, 6.07) is 0. The molecule has 0 N–H and O–H groups in total. The van der Waals surface area contributed by atoms with Gasteiger partial charge in [0.2, 0.25) is 34.8 Å². The molecule has 0 saturated carbocycles. The topological polar surface area (TPSA) is 55.3 Å². The van der Waals surface area contributed by atoms with Gasteiger partial charge in [0.05, 0.1) is 17.8 Å². The van der Waals surface area contributed by atoms with E-state index in [1.165, 1.54) is 0 Å². The number of piperidine rings is 1. The zero-order valence-electron chi connectivity index (χ0n) is 14.1. The summed E-state index contributed by atoms with van der Waals surface area (Å²) in [7, 11) is 0. The van der Waals surface area contributed by atoms with Crippen LogP contribution in [0.5, 0.6) is 5.75 Å². The number of ether oxygens (including phenoxy) is 1. The van der Waals surface area contributed by atoms with Crippen molar-refractivity contribution < 1.29 is 31.5 Å². The first-order valence-electron chi connectivity index (χ1n) is 8.06. The number of hydrogen-bond donors (Lipinski definition) is 0. The molecule has 0 atom stereocenters. The predicted octanol–water partition coefficient (Wildman–Crippen LogP) is 3.30. The zero-order chi connectivity index (χ0) is 19.7. The minimum Gasteiger partial charge on any atom is -0.420 e. The number of anilines is 1. The van der Waals surface area contributed by atoms with E-state index in [1.54, 1.807) is 19.3 Å². The number of halogens is 5. The van der Waals surface area contributed by atoms with Crippen LogP contribution in [0.2, 0.25) is 0 Å². The average Bonchev–Trinajstić information content (AvgIpc) is 2.68. The van der Waals surface area contributed by atoms with Gasteiger partial charge in [-0.1, -0.05) is 0 Å². The van der Waals surface area contributed by atoms with Crippen molar-refractivity contribution in [1.82, 2.24) is 9.97 Å². The Labute approximate surface area is 150 Å². The van der Waals surface area contributed by atoms with Crippen molar-refractivity contribution >= 4 is 11.8 Å². The first-order valence-corrected chi connectivity index (χ1v) is 8.06. The molecule has 1 aliphatic heterocycles. The lowest BCUT2D eigenvalue weighted by molar-refractivity contribution is -0.140. The molecule has 10 heteroatoms. The van der Waals surface area contributed by atoms with E-state index in [-0.39, 0.29) is 12.8 Å². The fourth-order valence-electron chi connectivity index (χ4n) is 2.81. The molecule has 0 aliphatic carbocycles. The van der Waals surface area contributed by atoms with Gasteiger partial charge in [0, 0.05) is 19.3 Å². The van der Waals surface area contributed by atoms with Crippen LogP contribution in [0.4, 0.5) is 27.8 Å². The first kappa shape index (κ1) is 19.0. The third kappa shape index (κ3) is 3.69. The number of aromatic nitrogens is 2. The van der Waals surface area contributed by atoms with E-state index in [0.717, 1.165) is 5.69 Å². The Hall–Kier alpha value is -2.78. The molecule has 0 amide bonds. The highest BCUT2D eigenvalue weighted by atomic mass is 19.2. The quantitative estimate of drug-likeness (QED) is 0.266. The molecule has 27 heavy (non-hydrogen) atoms. The number of hydrogen-bond acceptors (Lipinski definition) is 5. The number of benzene rings is 1. The highest BCUT2D eigenvalue weighted by Gasteiger charge is 2.32. The Kier molecular flexibility index (Phi) is 5.24. The molecule has 0 radical (unpaired) electrons. The maximum absolute atomic E-state index is 13.6. The van der Waals surface area contributed by atoms with Crippen LogP contribution in [-0.2, 0) is 4.79 Å². The van der Waals surface area contributed by atoms with Gasteiger partial charge in [0.25, 0.3) is 0 Å². The number of carbonyl (C=O) groups excluding carboxylic acids is 1. The van der Waals surface area contributed by atoms with Crippen LogP contribution in [0, 0.1) is 41.9 Å². The maximum Gasteiger partial charge on any atom is 0.314 e. The van der Waals surface area contributed by atoms with Gasteiger partial charge in [-0.2, -0.15) is 8.78 Å². The van der Waals surface area contributed by atoms with Crippen LogP contribution in [0.3, 0.4) is 0 Å². The zero-order valence-corrected chi connectivity index (χ0v) is 14.1. The number of nitrogens with zero attached hydrogens (tertiary/aromatic N) is 3. The van der Waals surface area contributed by atoms with Crippen LogP contribution < -0.4 is 9.64 Å². The highest BCUT2D eigenvalue weighted by Crippen LogP contribution is 2.31. The van der Waals surface area contributed by atoms with Gasteiger partial charge >= 0.3 is 5.97 Å². The Morgan fingerprint density at radius 2 is 1.56 bits per heavy atom.